The molecule has 30 heavy (non-hydrogen) atoms. The van der Waals surface area contributed by atoms with Crippen LogP contribution >= 0.6 is 23.1 Å². The maximum absolute atomic E-state index is 12.6. The molecule has 0 atom stereocenters. The fourth-order valence-corrected chi connectivity index (χ4v) is 3.67. The fourth-order valence-electron chi connectivity index (χ4n) is 2.94. The van der Waals surface area contributed by atoms with Crippen molar-refractivity contribution in [2.45, 2.75) is 13.8 Å². The topological polar surface area (TPSA) is 94.8 Å². The van der Waals surface area contributed by atoms with Gasteiger partial charge in [0.2, 0.25) is 5.13 Å². The van der Waals surface area contributed by atoms with Crippen LogP contribution in [0, 0.1) is 13.8 Å². The lowest BCUT2D eigenvalue weighted by atomic mass is 10.2. The first-order valence-corrected chi connectivity index (χ1v) is 10.1. The lowest BCUT2D eigenvalue weighted by Gasteiger charge is -2.07. The van der Waals surface area contributed by atoms with Gasteiger partial charge in [-0.05, 0) is 43.7 Å². The van der Waals surface area contributed by atoms with Gasteiger partial charge in [-0.15, -0.1) is 5.10 Å². The number of nitrogens with zero attached hydrogens (tertiary/aromatic N) is 5. The van der Waals surface area contributed by atoms with Crippen LogP contribution in [-0.2, 0) is 0 Å². The van der Waals surface area contributed by atoms with Crippen molar-refractivity contribution in [3.05, 3.63) is 64.3 Å². The van der Waals surface area contributed by atoms with Gasteiger partial charge in [-0.2, -0.15) is 9.36 Å². The van der Waals surface area contributed by atoms with Crippen molar-refractivity contribution in [3.63, 3.8) is 0 Å². The number of benzene rings is 2. The van der Waals surface area contributed by atoms with Crippen LogP contribution in [0.25, 0.3) is 17.2 Å². The van der Waals surface area contributed by atoms with Gasteiger partial charge in [0.1, 0.15) is 5.75 Å². The molecular weight excluding hydrogens is 424 g/mol. The van der Waals surface area contributed by atoms with E-state index >= 15 is 0 Å². The molecule has 0 saturated carbocycles. The highest BCUT2D eigenvalue weighted by atomic mass is 35.5. The number of hydrogen-bond donors (Lipinski definition) is 1. The molecule has 2 heterocycles. The standard InChI is InChI=1S/C20H17ClN6O2S/c1-11-8-9-13(21)10-15(11)27-12(2)17(24-26-27)18-22-20(30-25-18)23-19(28)14-6-4-5-7-16(14)29-3/h4-10H,1-3H3,(H,22,23,25,28). The summed E-state index contributed by atoms with van der Waals surface area (Å²) in [6.07, 6.45) is 0. The van der Waals surface area contributed by atoms with Gasteiger partial charge in [0, 0.05) is 16.6 Å². The Kier molecular flexibility index (Phi) is 5.47. The molecule has 0 fully saturated rings. The molecule has 4 aromatic rings. The van der Waals surface area contributed by atoms with Gasteiger partial charge in [-0.3, -0.25) is 10.1 Å². The average Bonchev–Trinajstić information content (AvgIpc) is 3.36. The number of hydrogen-bond acceptors (Lipinski definition) is 7. The summed E-state index contributed by atoms with van der Waals surface area (Å²) >= 11 is 7.20. The van der Waals surface area contributed by atoms with Crippen molar-refractivity contribution in [2.24, 2.45) is 0 Å². The van der Waals surface area contributed by atoms with E-state index < -0.39 is 0 Å². The van der Waals surface area contributed by atoms with Crippen molar-refractivity contribution in [1.82, 2.24) is 24.4 Å². The minimum absolute atomic E-state index is 0.329. The van der Waals surface area contributed by atoms with Gasteiger partial charge >= 0.3 is 0 Å². The van der Waals surface area contributed by atoms with Crippen LogP contribution in [0.4, 0.5) is 5.13 Å². The zero-order chi connectivity index (χ0) is 21.3. The van der Waals surface area contributed by atoms with Crippen molar-refractivity contribution in [3.8, 4) is 23.0 Å². The normalized spacial score (nSPS) is 10.8. The van der Waals surface area contributed by atoms with Gasteiger partial charge in [-0.1, -0.05) is 35.0 Å². The molecule has 0 aliphatic rings. The molecule has 4 rings (SSSR count). The van der Waals surface area contributed by atoms with Crippen molar-refractivity contribution < 1.29 is 9.53 Å². The van der Waals surface area contributed by atoms with Gasteiger partial charge in [0.25, 0.3) is 5.91 Å². The van der Waals surface area contributed by atoms with Gasteiger partial charge < -0.3 is 4.74 Å². The molecule has 8 nitrogen and oxygen atoms in total. The zero-order valence-electron chi connectivity index (χ0n) is 16.4. The molecule has 0 spiro atoms. The van der Waals surface area contributed by atoms with Gasteiger partial charge in [0.05, 0.1) is 24.1 Å². The number of aromatic nitrogens is 5. The molecular formula is C20H17ClN6O2S. The number of methoxy groups -OCH3 is 1. The predicted molar refractivity (Wildman–Crippen MR) is 116 cm³/mol. The molecule has 0 saturated heterocycles. The summed E-state index contributed by atoms with van der Waals surface area (Å²) in [7, 11) is 1.52. The summed E-state index contributed by atoms with van der Waals surface area (Å²) in [5.41, 5.74) is 3.55. The van der Waals surface area contributed by atoms with E-state index in [0.717, 1.165) is 28.5 Å². The highest BCUT2D eigenvalue weighted by Crippen LogP contribution is 2.27. The van der Waals surface area contributed by atoms with E-state index in [0.29, 0.717) is 33.0 Å². The Labute approximate surface area is 181 Å². The molecule has 1 N–H and O–H groups in total. The number of carbonyl (C=O) groups excluding carboxylic acids is 1. The Morgan fingerprint density at radius 1 is 1.20 bits per heavy atom. The molecule has 0 aliphatic heterocycles. The van der Waals surface area contributed by atoms with E-state index in [9.17, 15) is 4.79 Å². The summed E-state index contributed by atoms with van der Waals surface area (Å²) < 4.78 is 11.3. The summed E-state index contributed by atoms with van der Waals surface area (Å²) in [4.78, 5) is 17.0. The number of anilines is 1. The van der Waals surface area contributed by atoms with Crippen molar-refractivity contribution in [1.29, 1.82) is 0 Å². The van der Waals surface area contributed by atoms with Crippen LogP contribution in [0.15, 0.2) is 42.5 Å². The second kappa shape index (κ2) is 8.21. The number of rotatable bonds is 5. The molecule has 0 radical (unpaired) electrons. The molecule has 0 bridgehead atoms. The third-order valence-corrected chi connectivity index (χ3v) is 5.37. The largest absolute Gasteiger partial charge is 0.496 e. The number of halogens is 1. The summed E-state index contributed by atoms with van der Waals surface area (Å²) in [6, 6.07) is 12.5. The number of carbonyl (C=O) groups is 1. The number of para-hydroxylation sites is 1. The summed E-state index contributed by atoms with van der Waals surface area (Å²) in [5.74, 6) is 0.541. The highest BCUT2D eigenvalue weighted by molar-refractivity contribution is 7.10. The van der Waals surface area contributed by atoms with E-state index in [1.807, 2.05) is 32.0 Å². The average molecular weight is 441 g/mol. The molecule has 2 aromatic carbocycles. The second-order valence-electron chi connectivity index (χ2n) is 6.44. The predicted octanol–water partition coefficient (Wildman–Crippen LogP) is 4.32. The maximum atomic E-state index is 12.6. The SMILES string of the molecule is COc1ccccc1C(=O)Nc1nc(-c2nnn(-c3cc(Cl)ccc3C)c2C)ns1. The Morgan fingerprint density at radius 3 is 2.80 bits per heavy atom. The van der Waals surface area contributed by atoms with Gasteiger partial charge in [0.15, 0.2) is 11.5 Å². The first-order valence-electron chi connectivity index (χ1n) is 8.95. The van der Waals surface area contributed by atoms with Crippen molar-refractivity contribution >= 4 is 34.2 Å². The van der Waals surface area contributed by atoms with Crippen molar-refractivity contribution in [2.75, 3.05) is 12.4 Å². The summed E-state index contributed by atoms with van der Waals surface area (Å²) in [6.45, 7) is 3.85. The highest BCUT2D eigenvalue weighted by Gasteiger charge is 2.19. The lowest BCUT2D eigenvalue weighted by Crippen LogP contribution is -2.12. The van der Waals surface area contributed by atoms with E-state index in [1.165, 1.54) is 7.11 Å². The van der Waals surface area contributed by atoms with E-state index in [4.69, 9.17) is 16.3 Å². The van der Waals surface area contributed by atoms with Gasteiger partial charge in [-0.25, -0.2) is 4.68 Å². The Hall–Kier alpha value is -3.30. The first-order chi connectivity index (χ1) is 14.5. The van der Waals surface area contributed by atoms with Crippen LogP contribution < -0.4 is 10.1 Å². The molecule has 152 valence electrons. The molecule has 10 heteroatoms. The van der Waals surface area contributed by atoms with Crippen LogP contribution in [0.1, 0.15) is 21.6 Å². The third-order valence-electron chi connectivity index (χ3n) is 4.50. The first kappa shape index (κ1) is 20.0. The van der Waals surface area contributed by atoms with Crippen LogP contribution in [-0.4, -0.2) is 37.4 Å². The third kappa shape index (κ3) is 3.77. The fraction of sp³-hybridized carbons (Fsp3) is 0.150. The minimum atomic E-state index is -0.329. The van der Waals surface area contributed by atoms with Crippen LogP contribution in [0.5, 0.6) is 5.75 Å². The lowest BCUT2D eigenvalue weighted by molar-refractivity contribution is 0.102. The van der Waals surface area contributed by atoms with Crippen LogP contribution in [0.3, 0.4) is 0 Å². The monoisotopic (exact) mass is 440 g/mol. The Morgan fingerprint density at radius 2 is 2.00 bits per heavy atom. The Balaban J connectivity index is 1.60. The van der Waals surface area contributed by atoms with E-state index in [-0.39, 0.29) is 5.91 Å². The molecule has 1 amide bonds. The summed E-state index contributed by atoms with van der Waals surface area (Å²) in [5, 5.41) is 12.2. The molecule has 2 aromatic heterocycles. The zero-order valence-corrected chi connectivity index (χ0v) is 18.0. The van der Waals surface area contributed by atoms with E-state index in [2.05, 4.69) is 25.0 Å². The number of amides is 1. The Bertz CT molecular complexity index is 1240. The van der Waals surface area contributed by atoms with Crippen LogP contribution in [0.2, 0.25) is 5.02 Å². The number of ether oxygens (including phenoxy) is 1. The minimum Gasteiger partial charge on any atom is -0.496 e. The molecule has 0 unspecified atom stereocenters. The smallest absolute Gasteiger partial charge is 0.261 e. The maximum Gasteiger partial charge on any atom is 0.261 e. The number of aryl methyl sites for hydroxylation is 1. The van der Waals surface area contributed by atoms with E-state index in [1.54, 1.807) is 28.9 Å². The number of nitrogens with one attached hydrogen (secondary N) is 1. The quantitative estimate of drug-likeness (QED) is 0.496. The second-order valence-corrected chi connectivity index (χ2v) is 7.63. The molecule has 0 aliphatic carbocycles.